The smallest absolute Gasteiger partial charge is 0.101 e. The van der Waals surface area contributed by atoms with Crippen LogP contribution < -0.4 is 4.90 Å². The Morgan fingerprint density at radius 2 is 1.65 bits per heavy atom. The number of nitriles is 1. The number of benzene rings is 3. The Morgan fingerprint density at radius 1 is 0.923 bits per heavy atom. The van der Waals surface area contributed by atoms with E-state index in [4.69, 9.17) is 0 Å². The van der Waals surface area contributed by atoms with Crippen LogP contribution in [0.3, 0.4) is 0 Å². The molecule has 1 aliphatic rings. The van der Waals surface area contributed by atoms with Crippen molar-refractivity contribution in [1.29, 1.82) is 5.26 Å². The zero-order valence-electron chi connectivity index (χ0n) is 14.7. The Balaban J connectivity index is 2.04. The Bertz CT molecular complexity index is 1020. The standard InChI is InChI=1S/C23H20N2O/c1-16-19(15-26)11-13-23-20(16)12-10-17-6-2-4-8-21(17)25(23)22-9-5-3-7-18(22)14-24/h2-9,11,13,26H,10,12,15H2,1H3. The van der Waals surface area contributed by atoms with Crippen LogP contribution >= 0.6 is 0 Å². The first-order valence-electron chi connectivity index (χ1n) is 8.84. The minimum Gasteiger partial charge on any atom is -0.392 e. The van der Waals surface area contributed by atoms with Crippen molar-refractivity contribution in [2.45, 2.75) is 26.4 Å². The van der Waals surface area contributed by atoms with Crippen molar-refractivity contribution in [3.05, 3.63) is 88.5 Å². The van der Waals surface area contributed by atoms with Crippen molar-refractivity contribution < 1.29 is 5.11 Å². The van der Waals surface area contributed by atoms with Gasteiger partial charge in [-0.1, -0.05) is 36.4 Å². The van der Waals surface area contributed by atoms with E-state index in [9.17, 15) is 10.4 Å². The van der Waals surface area contributed by atoms with Gasteiger partial charge in [-0.05, 0) is 66.3 Å². The summed E-state index contributed by atoms with van der Waals surface area (Å²) in [6.45, 7) is 2.12. The molecule has 3 aromatic rings. The normalized spacial score (nSPS) is 12.7. The molecule has 1 heterocycles. The first-order chi connectivity index (χ1) is 12.7. The zero-order chi connectivity index (χ0) is 18.1. The molecule has 0 spiro atoms. The molecule has 0 fully saturated rings. The topological polar surface area (TPSA) is 47.3 Å². The molecule has 0 radical (unpaired) electrons. The Morgan fingerprint density at radius 3 is 2.42 bits per heavy atom. The fourth-order valence-corrected chi connectivity index (χ4v) is 3.84. The highest BCUT2D eigenvalue weighted by Gasteiger charge is 2.25. The molecule has 26 heavy (non-hydrogen) atoms. The number of nitrogens with zero attached hydrogens (tertiary/aromatic N) is 2. The van der Waals surface area contributed by atoms with E-state index in [2.05, 4.69) is 42.2 Å². The SMILES string of the molecule is Cc1c(CO)ccc2c1CCc1ccccc1N2c1ccccc1C#N. The van der Waals surface area contributed by atoms with Gasteiger partial charge in [-0.2, -0.15) is 5.26 Å². The lowest BCUT2D eigenvalue weighted by Crippen LogP contribution is -2.14. The van der Waals surface area contributed by atoms with E-state index >= 15 is 0 Å². The first kappa shape index (κ1) is 16.4. The summed E-state index contributed by atoms with van der Waals surface area (Å²) in [5.74, 6) is 0. The number of aliphatic hydroxyl groups is 1. The Labute approximate surface area is 153 Å². The van der Waals surface area contributed by atoms with Gasteiger partial charge in [0.2, 0.25) is 0 Å². The van der Waals surface area contributed by atoms with Crippen LogP contribution in [0.15, 0.2) is 60.7 Å². The molecule has 0 aromatic heterocycles. The molecule has 3 nitrogen and oxygen atoms in total. The monoisotopic (exact) mass is 340 g/mol. The largest absolute Gasteiger partial charge is 0.392 e. The highest BCUT2D eigenvalue weighted by atomic mass is 16.3. The van der Waals surface area contributed by atoms with Gasteiger partial charge in [0.25, 0.3) is 0 Å². The van der Waals surface area contributed by atoms with Crippen molar-refractivity contribution in [3.8, 4) is 6.07 Å². The van der Waals surface area contributed by atoms with Gasteiger partial charge in [0, 0.05) is 11.4 Å². The number of aryl methyl sites for hydroxylation is 1. The molecule has 3 heteroatoms. The third-order valence-electron chi connectivity index (χ3n) is 5.24. The molecular formula is C23H20N2O. The minimum absolute atomic E-state index is 0.0425. The van der Waals surface area contributed by atoms with Crippen molar-refractivity contribution in [1.82, 2.24) is 0 Å². The second-order valence-corrected chi connectivity index (χ2v) is 6.60. The van der Waals surface area contributed by atoms with Gasteiger partial charge in [-0.25, -0.2) is 0 Å². The van der Waals surface area contributed by atoms with E-state index in [0.29, 0.717) is 5.56 Å². The fraction of sp³-hybridized carbons (Fsp3) is 0.174. The van der Waals surface area contributed by atoms with Crippen molar-refractivity contribution >= 4 is 17.1 Å². The third kappa shape index (κ3) is 2.56. The van der Waals surface area contributed by atoms with Crippen molar-refractivity contribution in [2.24, 2.45) is 0 Å². The van der Waals surface area contributed by atoms with Crippen LogP contribution in [-0.4, -0.2) is 5.11 Å². The van der Waals surface area contributed by atoms with E-state index < -0.39 is 0 Å². The lowest BCUT2D eigenvalue weighted by molar-refractivity contribution is 0.281. The quantitative estimate of drug-likeness (QED) is 0.720. The van der Waals surface area contributed by atoms with E-state index in [1.54, 1.807) is 0 Å². The molecule has 0 bridgehead atoms. The van der Waals surface area contributed by atoms with Crippen LogP contribution in [0.25, 0.3) is 0 Å². The molecule has 0 amide bonds. The van der Waals surface area contributed by atoms with Crippen molar-refractivity contribution in [2.75, 3.05) is 4.90 Å². The van der Waals surface area contributed by atoms with Gasteiger partial charge in [-0.15, -0.1) is 0 Å². The number of rotatable bonds is 2. The summed E-state index contributed by atoms with van der Waals surface area (Å²) < 4.78 is 0. The number of aliphatic hydroxyl groups excluding tert-OH is 1. The molecule has 0 atom stereocenters. The number of fused-ring (bicyclic) bond motifs is 2. The molecule has 3 aromatic carbocycles. The second-order valence-electron chi connectivity index (χ2n) is 6.60. The van der Waals surface area contributed by atoms with Gasteiger partial charge in [0.05, 0.1) is 17.9 Å². The molecule has 0 aliphatic carbocycles. The molecule has 1 N–H and O–H groups in total. The summed E-state index contributed by atoms with van der Waals surface area (Å²) in [6, 6.07) is 22.5. The van der Waals surface area contributed by atoms with Gasteiger partial charge < -0.3 is 10.0 Å². The van der Waals surface area contributed by atoms with Gasteiger partial charge in [0.15, 0.2) is 0 Å². The molecule has 0 unspecified atom stereocenters. The highest BCUT2D eigenvalue weighted by molar-refractivity contribution is 5.84. The number of hydrogen-bond donors (Lipinski definition) is 1. The van der Waals surface area contributed by atoms with E-state index in [1.807, 2.05) is 36.4 Å². The summed E-state index contributed by atoms with van der Waals surface area (Å²) in [6.07, 6.45) is 1.85. The van der Waals surface area contributed by atoms with E-state index in [0.717, 1.165) is 41.0 Å². The summed E-state index contributed by atoms with van der Waals surface area (Å²) in [5.41, 5.74) is 8.35. The minimum atomic E-state index is 0.0425. The molecule has 0 saturated heterocycles. The van der Waals surface area contributed by atoms with Crippen LogP contribution in [0, 0.1) is 18.3 Å². The average molecular weight is 340 g/mol. The van der Waals surface area contributed by atoms with Crippen LogP contribution in [-0.2, 0) is 19.4 Å². The van der Waals surface area contributed by atoms with E-state index in [-0.39, 0.29) is 6.61 Å². The van der Waals surface area contributed by atoms with Crippen LogP contribution in [0.4, 0.5) is 17.1 Å². The maximum Gasteiger partial charge on any atom is 0.101 e. The summed E-state index contributed by atoms with van der Waals surface area (Å²) >= 11 is 0. The lowest BCUT2D eigenvalue weighted by Gasteiger charge is -2.29. The molecule has 128 valence electrons. The lowest BCUT2D eigenvalue weighted by atomic mass is 9.96. The molecular weight excluding hydrogens is 320 g/mol. The number of para-hydroxylation sites is 2. The van der Waals surface area contributed by atoms with Crippen LogP contribution in [0.2, 0.25) is 0 Å². The summed E-state index contributed by atoms with van der Waals surface area (Å²) in [5, 5.41) is 19.3. The Kier molecular flexibility index (Phi) is 4.20. The van der Waals surface area contributed by atoms with E-state index in [1.165, 1.54) is 11.1 Å². The molecule has 4 rings (SSSR count). The number of anilines is 3. The highest BCUT2D eigenvalue weighted by Crippen LogP contribution is 2.44. The fourth-order valence-electron chi connectivity index (χ4n) is 3.84. The van der Waals surface area contributed by atoms with Crippen molar-refractivity contribution in [3.63, 3.8) is 0 Å². The zero-order valence-corrected chi connectivity index (χ0v) is 14.7. The predicted molar refractivity (Wildman–Crippen MR) is 104 cm³/mol. The predicted octanol–water partition coefficient (Wildman–Crippen LogP) is 4.93. The van der Waals surface area contributed by atoms with Crippen LogP contribution in [0.5, 0.6) is 0 Å². The molecule has 1 aliphatic heterocycles. The first-order valence-corrected chi connectivity index (χ1v) is 8.84. The average Bonchev–Trinajstić information content (AvgIpc) is 2.85. The summed E-state index contributed by atoms with van der Waals surface area (Å²) in [4.78, 5) is 2.20. The van der Waals surface area contributed by atoms with Gasteiger partial charge in [0.1, 0.15) is 6.07 Å². The van der Waals surface area contributed by atoms with Gasteiger partial charge >= 0.3 is 0 Å². The molecule has 0 saturated carbocycles. The second kappa shape index (κ2) is 6.67. The summed E-state index contributed by atoms with van der Waals surface area (Å²) in [7, 11) is 0. The maximum absolute atomic E-state index is 9.67. The van der Waals surface area contributed by atoms with Gasteiger partial charge in [-0.3, -0.25) is 0 Å². The number of hydrogen-bond acceptors (Lipinski definition) is 3. The van der Waals surface area contributed by atoms with Crippen LogP contribution in [0.1, 0.15) is 27.8 Å². The third-order valence-corrected chi connectivity index (χ3v) is 5.24. The Hall–Kier alpha value is -3.09. The maximum atomic E-state index is 9.67.